The van der Waals surface area contributed by atoms with Gasteiger partial charge >= 0.3 is 6.18 Å². The fourth-order valence-corrected chi connectivity index (χ4v) is 4.49. The predicted octanol–water partition coefficient (Wildman–Crippen LogP) is 5.28. The lowest BCUT2D eigenvalue weighted by molar-refractivity contribution is -0.144. The second-order valence-electron chi connectivity index (χ2n) is 9.38. The fourth-order valence-electron chi connectivity index (χ4n) is 4.49. The van der Waals surface area contributed by atoms with Crippen molar-refractivity contribution in [1.82, 2.24) is 24.3 Å². The van der Waals surface area contributed by atoms with Crippen molar-refractivity contribution in [3.63, 3.8) is 0 Å². The average Bonchev–Trinajstić information content (AvgIpc) is 3.40. The van der Waals surface area contributed by atoms with E-state index in [1.165, 1.54) is 6.92 Å². The number of aromatic nitrogens is 5. The van der Waals surface area contributed by atoms with Crippen LogP contribution in [0.5, 0.6) is 11.5 Å². The molecule has 1 aliphatic rings. The number of carbonyl (C=O) groups is 1. The summed E-state index contributed by atoms with van der Waals surface area (Å²) in [5.41, 5.74) is 1.15. The molecule has 1 fully saturated rings. The van der Waals surface area contributed by atoms with Gasteiger partial charge in [0.05, 0.1) is 16.7 Å². The summed E-state index contributed by atoms with van der Waals surface area (Å²) in [5.74, 6) is 1.55. The Kier molecular flexibility index (Phi) is 7.06. The van der Waals surface area contributed by atoms with E-state index in [-0.39, 0.29) is 30.5 Å². The third-order valence-electron chi connectivity index (χ3n) is 6.39. The maximum Gasteiger partial charge on any atom is 0.433 e. The van der Waals surface area contributed by atoms with Crippen molar-refractivity contribution in [2.24, 2.45) is 13.0 Å². The summed E-state index contributed by atoms with van der Waals surface area (Å²) < 4.78 is 55.3. The van der Waals surface area contributed by atoms with Crippen LogP contribution in [0.25, 0.3) is 11.0 Å². The number of nitrogens with zero attached hydrogens (tertiary/aromatic N) is 5. The van der Waals surface area contributed by atoms with Crippen molar-refractivity contribution in [2.75, 3.05) is 18.5 Å². The molecule has 0 radical (unpaired) electrons. The number of alkyl halides is 3. The predicted molar refractivity (Wildman–Crippen MR) is 133 cm³/mol. The molecule has 0 atom stereocenters. The number of benzene rings is 1. The summed E-state index contributed by atoms with van der Waals surface area (Å²) >= 11 is 0. The zero-order chi connectivity index (χ0) is 26.9. The highest BCUT2D eigenvalue weighted by Crippen LogP contribution is 2.34. The number of rotatable bonds is 8. The number of halogens is 3. The minimum Gasteiger partial charge on any atom is -0.457 e. The molecule has 12 heteroatoms. The average molecular weight is 529 g/mol. The highest BCUT2D eigenvalue weighted by molar-refractivity contribution is 5.81. The first-order valence-corrected chi connectivity index (χ1v) is 12.2. The number of carbonyl (C=O) groups excluding carboxylic acids is 1. The molecule has 200 valence electrons. The SMILES string of the molecule is CC(=O)Cc1cc(Oc2ccc3nc(Nc4cc(C(F)(F)F)n(CC5CCOCC5)n4)n(C)c3c2)ccn1. The number of hydrogen-bond acceptors (Lipinski definition) is 7. The molecule has 1 aliphatic heterocycles. The second kappa shape index (κ2) is 10.4. The van der Waals surface area contributed by atoms with Gasteiger partial charge in [0.2, 0.25) is 5.95 Å². The Labute approximate surface area is 216 Å². The van der Waals surface area contributed by atoms with Crippen LogP contribution in [0.4, 0.5) is 24.9 Å². The van der Waals surface area contributed by atoms with Crippen molar-refractivity contribution in [3.8, 4) is 11.5 Å². The normalized spacial score (nSPS) is 14.7. The van der Waals surface area contributed by atoms with Crippen LogP contribution in [-0.2, 0) is 35.7 Å². The lowest BCUT2D eigenvalue weighted by Gasteiger charge is -2.22. The number of Topliss-reactive ketones (excluding diaryl/α,β-unsaturated/α-hetero) is 1. The van der Waals surface area contributed by atoms with Crippen LogP contribution in [0, 0.1) is 5.92 Å². The number of nitrogens with one attached hydrogen (secondary N) is 1. The lowest BCUT2D eigenvalue weighted by atomic mass is 10.0. The Balaban J connectivity index is 1.37. The van der Waals surface area contributed by atoms with E-state index in [9.17, 15) is 18.0 Å². The van der Waals surface area contributed by atoms with Crippen LogP contribution in [0.15, 0.2) is 42.6 Å². The van der Waals surface area contributed by atoms with Crippen molar-refractivity contribution in [3.05, 3.63) is 54.0 Å². The number of hydrogen-bond donors (Lipinski definition) is 1. The number of pyridine rings is 1. The molecule has 1 aromatic carbocycles. The molecule has 9 nitrogen and oxygen atoms in total. The van der Waals surface area contributed by atoms with Crippen LogP contribution in [0.2, 0.25) is 0 Å². The van der Waals surface area contributed by atoms with Gasteiger partial charge in [-0.25, -0.2) is 4.98 Å². The number of ketones is 1. The lowest BCUT2D eigenvalue weighted by Crippen LogP contribution is -2.24. The number of ether oxygens (including phenoxy) is 2. The van der Waals surface area contributed by atoms with E-state index in [1.807, 2.05) is 0 Å². The van der Waals surface area contributed by atoms with Crippen LogP contribution in [0.3, 0.4) is 0 Å². The molecule has 38 heavy (non-hydrogen) atoms. The van der Waals surface area contributed by atoms with E-state index in [0.29, 0.717) is 60.2 Å². The molecule has 0 spiro atoms. The van der Waals surface area contributed by atoms with Crippen molar-refractivity contribution >= 4 is 28.6 Å². The maximum atomic E-state index is 13.7. The molecule has 0 unspecified atom stereocenters. The Morgan fingerprint density at radius 1 is 1.16 bits per heavy atom. The minimum atomic E-state index is -4.53. The molecule has 1 saturated heterocycles. The first kappa shape index (κ1) is 25.7. The molecule has 0 aliphatic carbocycles. The van der Waals surface area contributed by atoms with Gasteiger partial charge in [0.15, 0.2) is 5.82 Å². The minimum absolute atomic E-state index is 0.00163. The van der Waals surface area contributed by atoms with Gasteiger partial charge in [-0.3, -0.25) is 14.5 Å². The van der Waals surface area contributed by atoms with E-state index in [4.69, 9.17) is 9.47 Å². The van der Waals surface area contributed by atoms with E-state index in [2.05, 4.69) is 20.4 Å². The van der Waals surface area contributed by atoms with Crippen LogP contribution in [-0.4, -0.2) is 43.3 Å². The largest absolute Gasteiger partial charge is 0.457 e. The van der Waals surface area contributed by atoms with E-state index in [0.717, 1.165) is 10.7 Å². The van der Waals surface area contributed by atoms with Gasteiger partial charge in [-0.15, -0.1) is 0 Å². The highest BCUT2D eigenvalue weighted by Gasteiger charge is 2.36. The molecule has 1 N–H and O–H groups in total. The number of fused-ring (bicyclic) bond motifs is 1. The molecule has 4 heterocycles. The fraction of sp³-hybridized carbons (Fsp3) is 0.385. The zero-order valence-electron chi connectivity index (χ0n) is 21.0. The van der Waals surface area contributed by atoms with Gasteiger partial charge in [-0.1, -0.05) is 0 Å². The smallest absolute Gasteiger partial charge is 0.433 e. The Morgan fingerprint density at radius 3 is 2.66 bits per heavy atom. The van der Waals surface area contributed by atoms with Gasteiger partial charge < -0.3 is 19.4 Å². The summed E-state index contributed by atoms with van der Waals surface area (Å²) in [4.78, 5) is 20.1. The molecular weight excluding hydrogens is 501 g/mol. The van der Waals surface area contributed by atoms with Gasteiger partial charge in [0, 0.05) is 57.6 Å². The Morgan fingerprint density at radius 2 is 1.92 bits per heavy atom. The summed E-state index contributed by atoms with van der Waals surface area (Å²) in [5, 5.41) is 7.16. The summed E-state index contributed by atoms with van der Waals surface area (Å²) in [6.45, 7) is 2.76. The summed E-state index contributed by atoms with van der Waals surface area (Å²) in [7, 11) is 1.75. The standard InChI is InChI=1S/C26H27F3N6O3/c1-16(36)11-18-12-20(5-8-30-18)38-19-3-4-21-22(13-19)34(2)25(31-21)32-24-14-23(26(27,28)29)35(33-24)15-17-6-9-37-10-7-17/h3-5,8,12-14,17H,6-7,9-11,15H2,1-2H3,(H,31,32,33). The first-order valence-electron chi connectivity index (χ1n) is 12.2. The summed E-state index contributed by atoms with van der Waals surface area (Å²) in [6, 6.07) is 9.70. The number of anilines is 2. The topological polar surface area (TPSA) is 96.1 Å². The quantitative estimate of drug-likeness (QED) is 0.333. The van der Waals surface area contributed by atoms with Gasteiger partial charge in [-0.2, -0.15) is 18.3 Å². The number of imidazole rings is 1. The Hall–Kier alpha value is -3.93. The van der Waals surface area contributed by atoms with Gasteiger partial charge in [0.25, 0.3) is 0 Å². The van der Waals surface area contributed by atoms with Crippen molar-refractivity contribution in [2.45, 2.75) is 38.9 Å². The zero-order valence-corrected chi connectivity index (χ0v) is 21.0. The highest BCUT2D eigenvalue weighted by atomic mass is 19.4. The summed E-state index contributed by atoms with van der Waals surface area (Å²) in [6.07, 6.45) is -1.34. The molecule has 0 saturated carbocycles. The van der Waals surface area contributed by atoms with Gasteiger partial charge in [-0.05, 0) is 43.9 Å². The van der Waals surface area contributed by atoms with E-state index >= 15 is 0 Å². The maximum absolute atomic E-state index is 13.7. The molecule has 3 aromatic heterocycles. The van der Waals surface area contributed by atoms with Crippen LogP contribution >= 0.6 is 0 Å². The van der Waals surface area contributed by atoms with Crippen molar-refractivity contribution in [1.29, 1.82) is 0 Å². The van der Waals surface area contributed by atoms with Crippen LogP contribution < -0.4 is 10.1 Å². The molecular formula is C26H27F3N6O3. The molecule has 5 rings (SSSR count). The number of aryl methyl sites for hydroxylation is 1. The van der Waals surface area contributed by atoms with Gasteiger partial charge in [0.1, 0.15) is 23.0 Å². The second-order valence-corrected chi connectivity index (χ2v) is 9.38. The first-order chi connectivity index (χ1) is 18.2. The van der Waals surface area contributed by atoms with Crippen LogP contribution in [0.1, 0.15) is 31.2 Å². The van der Waals surface area contributed by atoms with Crippen molar-refractivity contribution < 1.29 is 27.4 Å². The molecule has 0 amide bonds. The third kappa shape index (κ3) is 5.80. The molecule has 0 bridgehead atoms. The monoisotopic (exact) mass is 528 g/mol. The van der Waals surface area contributed by atoms with E-state index in [1.54, 1.807) is 48.1 Å². The Bertz CT molecular complexity index is 1460. The third-order valence-corrected chi connectivity index (χ3v) is 6.39. The van der Waals surface area contributed by atoms with E-state index < -0.39 is 11.9 Å². The molecule has 4 aromatic rings.